The summed E-state index contributed by atoms with van der Waals surface area (Å²) in [5, 5.41) is 11.6. The highest BCUT2D eigenvalue weighted by molar-refractivity contribution is 7.79. The number of aryl methyl sites for hydroxylation is 1. The van der Waals surface area contributed by atoms with Gasteiger partial charge in [-0.3, -0.25) is 4.18 Å². The zero-order valence-electron chi connectivity index (χ0n) is 21.5. The molecular formula is C31H35NO3S. The second kappa shape index (κ2) is 12.2. The summed E-state index contributed by atoms with van der Waals surface area (Å²) in [6.45, 7) is 13.3. The average Bonchev–Trinajstić information content (AvgIpc) is 2.83. The number of fused-ring (bicyclic) bond motifs is 1. The van der Waals surface area contributed by atoms with Gasteiger partial charge in [0.2, 0.25) is 0 Å². The molecule has 0 amide bonds. The van der Waals surface area contributed by atoms with E-state index >= 15 is 0 Å². The molecule has 1 N–H and O–H groups in total. The highest BCUT2D eigenvalue weighted by Gasteiger charge is 2.21. The van der Waals surface area contributed by atoms with Crippen LogP contribution in [0, 0.1) is 6.92 Å². The third kappa shape index (κ3) is 7.44. The number of aliphatic hydroxyl groups is 1. The number of nitrogens with zero attached hydrogens (tertiary/aromatic N) is 1. The van der Waals surface area contributed by atoms with E-state index in [1.54, 1.807) is 26.0 Å². The molecule has 2 atom stereocenters. The number of allylic oxidation sites excluding steroid dienone is 2. The summed E-state index contributed by atoms with van der Waals surface area (Å²) in [7, 11) is 0. The van der Waals surface area contributed by atoms with Gasteiger partial charge in [0, 0.05) is 11.6 Å². The molecule has 3 aromatic rings. The lowest BCUT2D eigenvalue weighted by Crippen LogP contribution is -2.22. The van der Waals surface area contributed by atoms with Crippen molar-refractivity contribution in [2.75, 3.05) is 6.26 Å². The number of rotatable bonds is 11. The molecular weight excluding hydrogens is 466 g/mol. The molecule has 5 heteroatoms. The van der Waals surface area contributed by atoms with Crippen molar-refractivity contribution < 1.29 is 13.5 Å². The van der Waals surface area contributed by atoms with Crippen LogP contribution in [0.1, 0.15) is 55.2 Å². The van der Waals surface area contributed by atoms with E-state index in [4.69, 9.17) is 9.17 Å². The summed E-state index contributed by atoms with van der Waals surface area (Å²) in [6.07, 6.45) is 9.74. The fourth-order valence-electron chi connectivity index (χ4n) is 4.22. The second-order valence-corrected chi connectivity index (χ2v) is 10.4. The Morgan fingerprint density at radius 3 is 2.53 bits per heavy atom. The number of aromatic nitrogens is 1. The van der Waals surface area contributed by atoms with Crippen LogP contribution in [0.5, 0.6) is 0 Å². The minimum atomic E-state index is -1.44. The molecule has 2 unspecified atom stereocenters. The van der Waals surface area contributed by atoms with Crippen molar-refractivity contribution in [2.24, 2.45) is 0 Å². The predicted molar refractivity (Wildman–Crippen MR) is 153 cm³/mol. The Morgan fingerprint density at radius 2 is 1.86 bits per heavy atom. The lowest BCUT2D eigenvalue weighted by molar-refractivity contribution is 0.122. The molecule has 2 aromatic carbocycles. The molecule has 0 radical (unpaired) electrons. The molecule has 0 aliphatic carbocycles. The van der Waals surface area contributed by atoms with Gasteiger partial charge in [0.1, 0.15) is 6.10 Å². The maximum Gasteiger partial charge on any atom is 0.152 e. The van der Waals surface area contributed by atoms with Gasteiger partial charge in [-0.25, -0.2) is 9.19 Å². The van der Waals surface area contributed by atoms with Gasteiger partial charge in [-0.15, -0.1) is 0 Å². The Balaban J connectivity index is 1.85. The Hall–Kier alpha value is -3.12. The molecule has 0 aliphatic heterocycles. The minimum Gasteiger partial charge on any atom is -0.386 e. The van der Waals surface area contributed by atoms with E-state index in [9.17, 15) is 9.32 Å². The molecule has 1 heterocycles. The van der Waals surface area contributed by atoms with E-state index in [1.165, 1.54) is 11.8 Å². The topological polar surface area (TPSA) is 59.4 Å². The lowest BCUT2D eigenvalue weighted by atomic mass is 9.89. The van der Waals surface area contributed by atoms with Crippen molar-refractivity contribution in [3.8, 4) is 0 Å². The van der Waals surface area contributed by atoms with Gasteiger partial charge in [0.25, 0.3) is 0 Å². The molecule has 0 aliphatic rings. The maximum atomic E-state index is 12.0. The van der Waals surface area contributed by atoms with Gasteiger partial charge in [-0.2, -0.15) is 0 Å². The summed E-state index contributed by atoms with van der Waals surface area (Å²) >= 11 is -1.44. The summed E-state index contributed by atoms with van der Waals surface area (Å²) < 4.78 is 17.8. The zero-order chi connectivity index (χ0) is 26.3. The Morgan fingerprint density at radius 1 is 1.11 bits per heavy atom. The van der Waals surface area contributed by atoms with Gasteiger partial charge in [-0.05, 0) is 85.7 Å². The number of hydrogen-bond donors (Lipinski definition) is 1. The first kappa shape index (κ1) is 27.5. The number of hydrogen-bond acceptors (Lipinski definition) is 4. The van der Waals surface area contributed by atoms with Crippen molar-refractivity contribution in [3.63, 3.8) is 0 Å². The van der Waals surface area contributed by atoms with Crippen LogP contribution < -0.4 is 0 Å². The molecule has 0 spiro atoms. The Kier molecular flexibility index (Phi) is 9.32. The smallest absolute Gasteiger partial charge is 0.152 e. The van der Waals surface area contributed by atoms with E-state index in [1.807, 2.05) is 42.5 Å². The van der Waals surface area contributed by atoms with Crippen LogP contribution in [-0.4, -0.2) is 26.2 Å². The van der Waals surface area contributed by atoms with Crippen molar-refractivity contribution in [3.05, 3.63) is 113 Å². The summed E-state index contributed by atoms with van der Waals surface area (Å²) in [4.78, 5) is 4.76. The second-order valence-electron chi connectivity index (χ2n) is 9.37. The fourth-order valence-corrected chi connectivity index (χ4v) is 4.76. The van der Waals surface area contributed by atoms with Gasteiger partial charge >= 0.3 is 0 Å². The summed E-state index contributed by atoms with van der Waals surface area (Å²) in [5.41, 5.74) is 5.55. The van der Waals surface area contributed by atoms with Gasteiger partial charge in [-0.1, -0.05) is 67.8 Å². The normalized spacial score (nSPS) is 14.5. The molecule has 0 saturated carbocycles. The largest absolute Gasteiger partial charge is 0.386 e. The molecule has 0 bridgehead atoms. The van der Waals surface area contributed by atoms with Gasteiger partial charge < -0.3 is 5.11 Å². The van der Waals surface area contributed by atoms with Crippen LogP contribution in [0.2, 0.25) is 0 Å². The van der Waals surface area contributed by atoms with E-state index in [2.05, 4.69) is 44.3 Å². The van der Waals surface area contributed by atoms with E-state index in [0.29, 0.717) is 12.8 Å². The molecule has 188 valence electrons. The first-order chi connectivity index (χ1) is 17.1. The quantitative estimate of drug-likeness (QED) is 0.280. The summed E-state index contributed by atoms with van der Waals surface area (Å²) in [5.74, 6) is 0. The van der Waals surface area contributed by atoms with E-state index in [0.717, 1.165) is 38.9 Å². The molecule has 3 rings (SSSR count). The van der Waals surface area contributed by atoms with E-state index < -0.39 is 16.7 Å². The molecule has 4 nitrogen and oxygen atoms in total. The number of pyridine rings is 1. The SMILES string of the molecule is C=C/C(CCC(OS(C)=O)c1cccc(/C=C/c2ccc3ccc(C)cc3n2)c1)=C(\C=C)C(C)(C)O. The van der Waals surface area contributed by atoms with Gasteiger partial charge in [0.05, 0.1) is 16.8 Å². The standard InChI is InChI=1S/C31H35NO3S/c1-7-24(28(8-2)31(4,5)33)16-19-30(35-36(6)34)26-11-9-10-23(21-26)13-17-27-18-15-25-14-12-22(3)20-29(25)32-27/h7-15,17-18,20-21,30,33H,1-2,16,19H2,3-6H3/b17-13+,28-24-. The number of benzene rings is 2. The first-order valence-electron chi connectivity index (χ1n) is 12.0. The average molecular weight is 502 g/mol. The van der Waals surface area contributed by atoms with Crippen molar-refractivity contribution in [1.29, 1.82) is 0 Å². The highest BCUT2D eigenvalue weighted by Crippen LogP contribution is 2.30. The zero-order valence-corrected chi connectivity index (χ0v) is 22.3. The molecule has 0 saturated heterocycles. The lowest BCUT2D eigenvalue weighted by Gasteiger charge is -2.23. The van der Waals surface area contributed by atoms with Crippen LogP contribution >= 0.6 is 0 Å². The predicted octanol–water partition coefficient (Wildman–Crippen LogP) is 7.28. The van der Waals surface area contributed by atoms with Crippen molar-refractivity contribution >= 4 is 34.1 Å². The maximum absolute atomic E-state index is 12.0. The first-order valence-corrected chi connectivity index (χ1v) is 13.5. The monoisotopic (exact) mass is 501 g/mol. The molecule has 36 heavy (non-hydrogen) atoms. The van der Waals surface area contributed by atoms with Crippen LogP contribution in [-0.2, 0) is 15.3 Å². The third-order valence-corrected chi connectivity index (χ3v) is 6.48. The van der Waals surface area contributed by atoms with Gasteiger partial charge in [0.15, 0.2) is 11.1 Å². The molecule has 0 fully saturated rings. The van der Waals surface area contributed by atoms with Crippen LogP contribution in [0.15, 0.2) is 91.1 Å². The summed E-state index contributed by atoms with van der Waals surface area (Å²) in [6, 6.07) is 18.3. The van der Waals surface area contributed by atoms with Crippen LogP contribution in [0.3, 0.4) is 0 Å². The molecule has 1 aromatic heterocycles. The third-order valence-electron chi connectivity index (χ3n) is 5.98. The minimum absolute atomic E-state index is 0.381. The van der Waals surface area contributed by atoms with Crippen molar-refractivity contribution in [1.82, 2.24) is 4.98 Å². The van der Waals surface area contributed by atoms with Crippen LogP contribution in [0.25, 0.3) is 23.1 Å². The highest BCUT2D eigenvalue weighted by atomic mass is 32.2. The Bertz CT molecular complexity index is 1330. The Labute approximate surface area is 217 Å². The van der Waals surface area contributed by atoms with Crippen LogP contribution in [0.4, 0.5) is 0 Å². The fraction of sp³-hybridized carbons (Fsp3) is 0.258. The van der Waals surface area contributed by atoms with E-state index in [-0.39, 0.29) is 6.10 Å². The van der Waals surface area contributed by atoms with Crippen molar-refractivity contribution in [2.45, 2.75) is 45.3 Å².